The van der Waals surface area contributed by atoms with Crippen LogP contribution in [-0.2, 0) is 0 Å². The Labute approximate surface area is 317 Å². The Hall–Kier alpha value is -7.43. The second-order valence-electron chi connectivity index (χ2n) is 13.9. The largest absolute Gasteiger partial charge is 0.454 e. The summed E-state index contributed by atoms with van der Waals surface area (Å²) in [6.07, 6.45) is 0. The van der Waals surface area contributed by atoms with E-state index in [4.69, 9.17) is 19.4 Å². The van der Waals surface area contributed by atoms with E-state index in [2.05, 4.69) is 140 Å². The molecule has 0 aliphatic heterocycles. The smallest absolute Gasteiger partial charge is 0.162 e. The molecule has 0 N–H and O–H groups in total. The standard InChI is InChI=1S/C51H31N3O/c1-3-14-33(15-4-1)44-31-45(53-51(52-44)35-16-5-2-6-17-35)34-28-26-32(27-29-34)38-23-13-24-42-47-41-22-11-12-25-46(41)55-50(47)49(54-48(38)42)43-30-36-18-7-8-19-37(36)39-20-9-10-21-40(39)43/h1-31H. The van der Waals surface area contributed by atoms with E-state index in [1.165, 1.54) is 16.2 Å². The van der Waals surface area contributed by atoms with E-state index in [1.54, 1.807) is 0 Å². The van der Waals surface area contributed by atoms with Gasteiger partial charge < -0.3 is 4.42 Å². The molecule has 256 valence electrons. The minimum Gasteiger partial charge on any atom is -0.454 e. The maximum atomic E-state index is 6.73. The van der Waals surface area contributed by atoms with Gasteiger partial charge in [-0.3, -0.25) is 0 Å². The number of hydrogen-bond acceptors (Lipinski definition) is 4. The lowest BCUT2D eigenvalue weighted by molar-refractivity contribution is 0.669. The molecule has 11 rings (SSSR count). The van der Waals surface area contributed by atoms with Crippen LogP contribution in [0.2, 0.25) is 0 Å². The molecular weight excluding hydrogens is 671 g/mol. The van der Waals surface area contributed by atoms with Gasteiger partial charge >= 0.3 is 0 Å². The molecule has 0 saturated carbocycles. The first-order valence-electron chi connectivity index (χ1n) is 18.5. The molecule has 0 unspecified atom stereocenters. The van der Waals surface area contributed by atoms with Gasteiger partial charge in [-0.1, -0.05) is 170 Å². The second kappa shape index (κ2) is 12.6. The predicted octanol–water partition coefficient (Wildman–Crippen LogP) is 13.6. The fraction of sp³-hybridized carbons (Fsp3) is 0. The van der Waals surface area contributed by atoms with Crippen molar-refractivity contribution in [3.05, 3.63) is 188 Å². The number of aromatic nitrogens is 3. The molecule has 0 spiro atoms. The van der Waals surface area contributed by atoms with Crippen LogP contribution < -0.4 is 0 Å². The van der Waals surface area contributed by atoms with Crippen LogP contribution in [0, 0.1) is 0 Å². The van der Waals surface area contributed by atoms with Gasteiger partial charge in [0.2, 0.25) is 0 Å². The summed E-state index contributed by atoms with van der Waals surface area (Å²) < 4.78 is 6.73. The molecule has 11 aromatic rings. The molecule has 0 aliphatic carbocycles. The molecule has 4 nitrogen and oxygen atoms in total. The van der Waals surface area contributed by atoms with Crippen LogP contribution in [0.4, 0.5) is 0 Å². The summed E-state index contributed by atoms with van der Waals surface area (Å²) in [5.74, 6) is 0.699. The highest BCUT2D eigenvalue weighted by Gasteiger charge is 2.22. The normalized spacial score (nSPS) is 11.6. The van der Waals surface area contributed by atoms with Crippen molar-refractivity contribution in [3.8, 4) is 56.3 Å². The monoisotopic (exact) mass is 701 g/mol. The van der Waals surface area contributed by atoms with Crippen LogP contribution >= 0.6 is 0 Å². The van der Waals surface area contributed by atoms with Gasteiger partial charge in [0, 0.05) is 44.0 Å². The van der Waals surface area contributed by atoms with Crippen molar-refractivity contribution in [1.82, 2.24) is 15.0 Å². The molecule has 0 bridgehead atoms. The number of nitrogens with zero attached hydrogens (tertiary/aromatic N) is 3. The van der Waals surface area contributed by atoms with Crippen LogP contribution in [0.5, 0.6) is 0 Å². The Balaban J connectivity index is 1.12. The quantitative estimate of drug-likeness (QED) is 0.168. The maximum absolute atomic E-state index is 6.73. The average Bonchev–Trinajstić information content (AvgIpc) is 3.66. The van der Waals surface area contributed by atoms with Crippen molar-refractivity contribution in [2.24, 2.45) is 0 Å². The highest BCUT2D eigenvalue weighted by Crippen LogP contribution is 2.44. The maximum Gasteiger partial charge on any atom is 0.162 e. The van der Waals surface area contributed by atoms with Crippen molar-refractivity contribution in [2.45, 2.75) is 0 Å². The van der Waals surface area contributed by atoms with Crippen LogP contribution in [0.3, 0.4) is 0 Å². The summed E-state index contributed by atoms with van der Waals surface area (Å²) in [6, 6.07) is 65.4. The lowest BCUT2D eigenvalue weighted by atomic mass is 9.93. The van der Waals surface area contributed by atoms with Gasteiger partial charge in [-0.2, -0.15) is 0 Å². The van der Waals surface area contributed by atoms with Gasteiger partial charge in [-0.05, 0) is 45.3 Å². The SMILES string of the molecule is c1ccc(-c2cc(-c3ccc(-c4cccc5c4nc(-c4cc6ccccc6c6ccccc46)c4oc6ccccc6c45)cc3)nc(-c3ccccc3)n2)cc1. The number of furan rings is 1. The zero-order chi connectivity index (χ0) is 36.3. The molecule has 0 saturated heterocycles. The molecule has 3 aromatic heterocycles. The van der Waals surface area contributed by atoms with E-state index in [1.807, 2.05) is 48.5 Å². The molecule has 0 radical (unpaired) electrons. The zero-order valence-corrected chi connectivity index (χ0v) is 29.6. The fourth-order valence-electron chi connectivity index (χ4n) is 8.06. The highest BCUT2D eigenvalue weighted by atomic mass is 16.3. The lowest BCUT2D eigenvalue weighted by Crippen LogP contribution is -1.96. The van der Waals surface area contributed by atoms with Gasteiger partial charge in [0.25, 0.3) is 0 Å². The van der Waals surface area contributed by atoms with E-state index in [0.29, 0.717) is 5.82 Å². The van der Waals surface area contributed by atoms with Crippen molar-refractivity contribution in [3.63, 3.8) is 0 Å². The van der Waals surface area contributed by atoms with Crippen molar-refractivity contribution in [2.75, 3.05) is 0 Å². The van der Waals surface area contributed by atoms with E-state index < -0.39 is 0 Å². The number of pyridine rings is 1. The zero-order valence-electron chi connectivity index (χ0n) is 29.6. The highest BCUT2D eigenvalue weighted by molar-refractivity contribution is 6.24. The Morgan fingerprint density at radius 3 is 1.71 bits per heavy atom. The van der Waals surface area contributed by atoms with Gasteiger partial charge in [0.05, 0.1) is 16.9 Å². The molecule has 3 heterocycles. The Bertz CT molecular complexity index is 3180. The Morgan fingerprint density at radius 2 is 0.945 bits per heavy atom. The minimum absolute atomic E-state index is 0.699. The summed E-state index contributed by atoms with van der Waals surface area (Å²) in [4.78, 5) is 15.6. The average molecular weight is 702 g/mol. The number of rotatable bonds is 5. The van der Waals surface area contributed by atoms with Gasteiger partial charge in [0.1, 0.15) is 11.3 Å². The second-order valence-corrected chi connectivity index (χ2v) is 13.9. The first kappa shape index (κ1) is 31.1. The van der Waals surface area contributed by atoms with Crippen molar-refractivity contribution in [1.29, 1.82) is 0 Å². The van der Waals surface area contributed by atoms with Crippen molar-refractivity contribution < 1.29 is 4.42 Å². The number of para-hydroxylation sites is 2. The molecule has 0 atom stereocenters. The molecule has 8 aromatic carbocycles. The van der Waals surface area contributed by atoms with Crippen LogP contribution in [0.15, 0.2) is 192 Å². The molecule has 0 fully saturated rings. The summed E-state index contributed by atoms with van der Waals surface area (Å²) in [5.41, 5.74) is 11.4. The van der Waals surface area contributed by atoms with E-state index in [-0.39, 0.29) is 0 Å². The lowest BCUT2D eigenvalue weighted by Gasteiger charge is -2.14. The molecule has 0 amide bonds. The van der Waals surface area contributed by atoms with Crippen LogP contribution in [0.1, 0.15) is 0 Å². The van der Waals surface area contributed by atoms with Gasteiger partial charge in [0.15, 0.2) is 11.4 Å². The van der Waals surface area contributed by atoms with Gasteiger partial charge in [-0.25, -0.2) is 15.0 Å². The summed E-state index contributed by atoms with van der Waals surface area (Å²) >= 11 is 0. The molecule has 4 heteroatoms. The Morgan fingerprint density at radius 1 is 0.364 bits per heavy atom. The van der Waals surface area contributed by atoms with Crippen LogP contribution in [0.25, 0.3) is 111 Å². The first-order chi connectivity index (χ1) is 27.3. The predicted molar refractivity (Wildman–Crippen MR) is 227 cm³/mol. The summed E-state index contributed by atoms with van der Waals surface area (Å²) in [6.45, 7) is 0. The Kier molecular flexibility index (Phi) is 7.14. The third kappa shape index (κ3) is 5.19. The topological polar surface area (TPSA) is 51.8 Å². The first-order valence-corrected chi connectivity index (χ1v) is 18.5. The summed E-state index contributed by atoms with van der Waals surface area (Å²) in [5, 5.41) is 7.95. The van der Waals surface area contributed by atoms with E-state index in [0.717, 1.165) is 88.7 Å². The van der Waals surface area contributed by atoms with Gasteiger partial charge in [-0.15, -0.1) is 0 Å². The molecule has 0 aliphatic rings. The van der Waals surface area contributed by atoms with E-state index in [9.17, 15) is 0 Å². The third-order valence-electron chi connectivity index (χ3n) is 10.7. The molecular formula is C51H31N3O. The van der Waals surface area contributed by atoms with Crippen LogP contribution in [-0.4, -0.2) is 15.0 Å². The number of hydrogen-bond donors (Lipinski definition) is 0. The van der Waals surface area contributed by atoms with E-state index >= 15 is 0 Å². The third-order valence-corrected chi connectivity index (χ3v) is 10.7. The minimum atomic E-state index is 0.699. The van der Waals surface area contributed by atoms with Crippen molar-refractivity contribution >= 4 is 54.4 Å². The molecule has 55 heavy (non-hydrogen) atoms. The number of benzene rings is 8. The summed E-state index contributed by atoms with van der Waals surface area (Å²) in [7, 11) is 0. The number of fused-ring (bicyclic) bond motifs is 8. The fourth-order valence-corrected chi connectivity index (χ4v) is 8.06.